The lowest BCUT2D eigenvalue weighted by Gasteiger charge is -2.40. The van der Waals surface area contributed by atoms with Crippen molar-refractivity contribution in [1.82, 2.24) is 14.8 Å². The molecule has 0 saturated carbocycles. The quantitative estimate of drug-likeness (QED) is 0.119. The zero-order chi connectivity index (χ0) is 30.8. The Hall–Kier alpha value is -4.45. The summed E-state index contributed by atoms with van der Waals surface area (Å²) in [6.45, 7) is 7.36. The molecule has 1 aliphatic rings. The van der Waals surface area contributed by atoms with E-state index in [1.54, 1.807) is 50.5 Å². The van der Waals surface area contributed by atoms with Gasteiger partial charge in [-0.15, -0.1) is 0 Å². The number of rotatable bonds is 13. The Morgan fingerprint density at radius 1 is 1.16 bits per heavy atom. The maximum atomic E-state index is 12.7. The Bertz CT molecular complexity index is 1490. The molecule has 1 unspecified atom stereocenters. The normalized spacial score (nSPS) is 15.2. The fourth-order valence-corrected chi connectivity index (χ4v) is 4.79. The van der Waals surface area contributed by atoms with Crippen LogP contribution in [0.5, 0.6) is 11.5 Å². The second kappa shape index (κ2) is 15.1. The minimum Gasteiger partial charge on any atom is -0.487 e. The number of carbonyl (C=O) groups excluding carboxylic acids is 2. The van der Waals surface area contributed by atoms with E-state index in [4.69, 9.17) is 19.9 Å². The van der Waals surface area contributed by atoms with Crippen LogP contribution in [0.2, 0.25) is 0 Å². The van der Waals surface area contributed by atoms with Crippen LogP contribution in [0.15, 0.2) is 77.8 Å². The third-order valence-corrected chi connectivity index (χ3v) is 6.91. The first-order chi connectivity index (χ1) is 20.8. The van der Waals surface area contributed by atoms with E-state index >= 15 is 0 Å². The Kier molecular flexibility index (Phi) is 11.1. The largest absolute Gasteiger partial charge is 0.487 e. The highest BCUT2D eigenvalue weighted by atomic mass is 16.5. The molecule has 228 valence electrons. The summed E-state index contributed by atoms with van der Waals surface area (Å²) in [5.74, 6) is 1.12. The molecule has 0 aliphatic carbocycles. The second-order valence-electron chi connectivity index (χ2n) is 10.1. The van der Waals surface area contributed by atoms with E-state index in [1.165, 1.54) is 29.1 Å². The number of likely N-dealkylation sites (tertiary alicyclic amines) is 1. The number of aliphatic hydroxyl groups excluding tert-OH is 1. The van der Waals surface area contributed by atoms with Gasteiger partial charge in [-0.25, -0.2) is 9.79 Å². The highest BCUT2D eigenvalue weighted by molar-refractivity contribution is 6.00. The van der Waals surface area contributed by atoms with Crippen LogP contribution in [0, 0.1) is 0 Å². The molecule has 1 aromatic heterocycles. The van der Waals surface area contributed by atoms with Gasteiger partial charge in [-0.1, -0.05) is 12.1 Å². The van der Waals surface area contributed by atoms with E-state index < -0.39 is 0 Å². The van der Waals surface area contributed by atoms with Crippen LogP contribution < -0.4 is 20.5 Å². The molecule has 4 N–H and O–H groups in total. The molecule has 2 heterocycles. The Morgan fingerprint density at radius 2 is 1.93 bits per heavy atom. The summed E-state index contributed by atoms with van der Waals surface area (Å²) >= 11 is 0. The molecule has 0 spiro atoms. The van der Waals surface area contributed by atoms with Gasteiger partial charge < -0.3 is 30.4 Å². The molecule has 3 aromatic rings. The lowest BCUT2D eigenvalue weighted by molar-refractivity contribution is 0.0741. The number of hydrogen-bond acceptors (Lipinski definition) is 8. The fraction of sp³-hybridized carbons (Fsp3) is 0.344. The monoisotopic (exact) mass is 589 g/mol. The third-order valence-electron chi connectivity index (χ3n) is 6.91. The molecular weight excluding hydrogens is 550 g/mol. The number of ether oxygens (including phenoxy) is 3. The smallest absolute Gasteiger partial charge is 0.325 e. The molecule has 1 aliphatic heterocycles. The number of benzene rings is 2. The van der Waals surface area contributed by atoms with Gasteiger partial charge in [0.25, 0.3) is 5.91 Å². The number of β-amino-alcohol motifs (C(OH)–C–C–N with tert-alkyl or cyclic N) is 1. The molecular formula is C32H39N5O6. The van der Waals surface area contributed by atoms with Gasteiger partial charge in [-0.2, -0.15) is 0 Å². The van der Waals surface area contributed by atoms with Crippen molar-refractivity contribution >= 4 is 29.1 Å². The molecule has 11 nitrogen and oxygen atoms in total. The second-order valence-corrected chi connectivity index (χ2v) is 10.1. The average molecular weight is 590 g/mol. The maximum Gasteiger partial charge on any atom is 0.325 e. The average Bonchev–Trinajstić information content (AvgIpc) is 3.39. The summed E-state index contributed by atoms with van der Waals surface area (Å²) in [5.41, 5.74) is 7.94. The van der Waals surface area contributed by atoms with Gasteiger partial charge >= 0.3 is 6.03 Å². The van der Waals surface area contributed by atoms with Crippen LogP contribution >= 0.6 is 0 Å². The van der Waals surface area contributed by atoms with Crippen molar-refractivity contribution < 1.29 is 28.9 Å². The topological polar surface area (TPSA) is 141 Å². The van der Waals surface area contributed by atoms with Crippen molar-refractivity contribution in [2.45, 2.75) is 25.9 Å². The summed E-state index contributed by atoms with van der Waals surface area (Å²) in [7, 11) is 1.56. The zero-order valence-corrected chi connectivity index (χ0v) is 24.7. The molecule has 2 aromatic carbocycles. The molecule has 11 heteroatoms. The highest BCUT2D eigenvalue weighted by Crippen LogP contribution is 2.34. The van der Waals surface area contributed by atoms with Gasteiger partial charge in [0.15, 0.2) is 11.5 Å². The van der Waals surface area contributed by atoms with E-state index in [-0.39, 0.29) is 24.6 Å². The first kappa shape index (κ1) is 31.5. The standard InChI is InChI=1S/C32H39N5O6/c1-4-41-15-16-42-29-18-28-25(11-14-37(28)32(40)34-3)17-30(29)43-27(9-12-33)10-13-35-31(39)24-7-5-23(6-8-24)26-20-36(21-26)19-22(2)38/h5-14,17-18,22,26,38H,4,15-16,19-21,33H2,1-3H3,(H,34,40)/b12-9+,27-10+,35-13-. The van der Waals surface area contributed by atoms with E-state index in [0.717, 1.165) is 24.0 Å². The van der Waals surface area contributed by atoms with Gasteiger partial charge in [0.1, 0.15) is 12.4 Å². The summed E-state index contributed by atoms with van der Waals surface area (Å²) in [4.78, 5) is 31.3. The number of hydrogen-bond donors (Lipinski definition) is 3. The van der Waals surface area contributed by atoms with Crippen LogP contribution in [-0.4, -0.2) is 85.3 Å². The molecule has 1 atom stereocenters. The molecule has 0 radical (unpaired) electrons. The Balaban J connectivity index is 1.47. The van der Waals surface area contributed by atoms with Crippen LogP contribution in [-0.2, 0) is 4.74 Å². The van der Waals surface area contributed by atoms with Gasteiger partial charge in [0.05, 0.1) is 18.2 Å². The van der Waals surface area contributed by atoms with E-state index in [0.29, 0.717) is 54.0 Å². The highest BCUT2D eigenvalue weighted by Gasteiger charge is 2.28. The number of amides is 2. The number of aliphatic imine (C=N–C) groups is 1. The molecule has 1 saturated heterocycles. The number of aromatic nitrogens is 1. The van der Waals surface area contributed by atoms with Crippen molar-refractivity contribution in [2.24, 2.45) is 10.7 Å². The van der Waals surface area contributed by atoms with Crippen molar-refractivity contribution in [2.75, 3.05) is 46.5 Å². The number of fused-ring (bicyclic) bond motifs is 1. The Labute approximate surface area is 251 Å². The van der Waals surface area contributed by atoms with Gasteiger partial charge in [-0.05, 0) is 62.0 Å². The first-order valence-corrected chi connectivity index (χ1v) is 14.3. The predicted octanol–water partition coefficient (Wildman–Crippen LogP) is 3.67. The van der Waals surface area contributed by atoms with Crippen molar-refractivity contribution in [1.29, 1.82) is 0 Å². The van der Waals surface area contributed by atoms with Gasteiger partial charge in [-0.3, -0.25) is 14.3 Å². The van der Waals surface area contributed by atoms with E-state index in [1.807, 2.05) is 19.1 Å². The summed E-state index contributed by atoms with van der Waals surface area (Å²) in [6.07, 6.45) is 7.07. The van der Waals surface area contributed by atoms with Gasteiger partial charge in [0, 0.05) is 68.6 Å². The summed E-state index contributed by atoms with van der Waals surface area (Å²) in [6, 6.07) is 12.5. The van der Waals surface area contributed by atoms with Crippen LogP contribution in [0.4, 0.5) is 4.79 Å². The van der Waals surface area contributed by atoms with Crippen LogP contribution in [0.1, 0.15) is 35.7 Å². The molecule has 4 rings (SSSR count). The fourth-order valence-electron chi connectivity index (χ4n) is 4.79. The molecule has 2 amide bonds. The van der Waals surface area contributed by atoms with Crippen molar-refractivity contribution in [3.63, 3.8) is 0 Å². The number of nitrogens with zero attached hydrogens (tertiary/aromatic N) is 3. The minimum absolute atomic E-state index is 0.276. The summed E-state index contributed by atoms with van der Waals surface area (Å²) in [5, 5.41) is 12.9. The number of nitrogens with one attached hydrogen (secondary N) is 1. The van der Waals surface area contributed by atoms with Crippen LogP contribution in [0.25, 0.3) is 10.9 Å². The number of aliphatic hydroxyl groups is 1. The van der Waals surface area contributed by atoms with Crippen molar-refractivity contribution in [3.8, 4) is 11.5 Å². The van der Waals surface area contributed by atoms with Crippen molar-refractivity contribution in [3.05, 3.63) is 83.9 Å². The lowest BCUT2D eigenvalue weighted by atomic mass is 9.90. The SMILES string of the molecule is CCOCCOc1cc2c(ccn2C(=O)NC)cc1OC(/C=C/N)=C/C=N\C(=O)c1ccc(C2CN(CC(C)O)C2)cc1. The number of nitrogens with two attached hydrogens (primary N) is 1. The number of allylic oxidation sites excluding steroid dienone is 2. The van der Waals surface area contributed by atoms with Gasteiger partial charge in [0.2, 0.25) is 0 Å². The first-order valence-electron chi connectivity index (χ1n) is 14.3. The molecule has 0 bridgehead atoms. The van der Waals surface area contributed by atoms with E-state index in [2.05, 4.69) is 15.2 Å². The molecule has 43 heavy (non-hydrogen) atoms. The third kappa shape index (κ3) is 8.31. The number of carbonyl (C=O) groups is 2. The maximum absolute atomic E-state index is 12.7. The molecule has 1 fully saturated rings. The predicted molar refractivity (Wildman–Crippen MR) is 166 cm³/mol. The lowest BCUT2D eigenvalue weighted by Crippen LogP contribution is -2.47. The summed E-state index contributed by atoms with van der Waals surface area (Å²) < 4.78 is 18.9. The minimum atomic E-state index is -0.389. The Morgan fingerprint density at radius 3 is 2.60 bits per heavy atom. The van der Waals surface area contributed by atoms with Crippen LogP contribution in [0.3, 0.4) is 0 Å². The van der Waals surface area contributed by atoms with E-state index in [9.17, 15) is 14.7 Å². The zero-order valence-electron chi connectivity index (χ0n) is 24.7.